The summed E-state index contributed by atoms with van der Waals surface area (Å²) in [6.07, 6.45) is 0.911. The van der Waals surface area contributed by atoms with Crippen molar-refractivity contribution in [2.45, 2.75) is 26.3 Å². The van der Waals surface area contributed by atoms with E-state index in [0.29, 0.717) is 12.6 Å². The van der Waals surface area contributed by atoms with Crippen LogP contribution in [0.15, 0.2) is 34.8 Å². The Balaban J connectivity index is 2.17. The van der Waals surface area contributed by atoms with Gasteiger partial charge in [-0.15, -0.1) is 10.2 Å². The van der Waals surface area contributed by atoms with Gasteiger partial charge in [0.2, 0.25) is 0 Å². The average molecular weight is 335 g/mol. The molecule has 0 aliphatic carbocycles. The van der Waals surface area contributed by atoms with E-state index in [9.17, 15) is 0 Å². The van der Waals surface area contributed by atoms with Gasteiger partial charge in [-0.1, -0.05) is 22.0 Å². The van der Waals surface area contributed by atoms with E-state index >= 15 is 0 Å². The van der Waals surface area contributed by atoms with Crippen LogP contribution >= 0.6 is 15.9 Å². The van der Waals surface area contributed by atoms with Gasteiger partial charge in [0, 0.05) is 16.1 Å². The number of aryl methyl sites for hydroxylation is 1. The maximum absolute atomic E-state index is 5.53. The molecule has 0 aliphatic rings. The zero-order valence-electron chi connectivity index (χ0n) is 11.7. The van der Waals surface area contributed by atoms with Gasteiger partial charge in [0.05, 0.1) is 5.69 Å². The largest absolute Gasteiger partial charge is 0.366 e. The average Bonchev–Trinajstić information content (AvgIpc) is 2.43. The summed E-state index contributed by atoms with van der Waals surface area (Å²) < 4.78 is 1.04. The molecular weight excluding hydrogens is 316 g/mol. The highest BCUT2D eigenvalue weighted by Gasteiger charge is 2.06. The van der Waals surface area contributed by atoms with Crippen molar-refractivity contribution in [3.63, 3.8) is 0 Å². The molecule has 0 bridgehead atoms. The molecule has 0 saturated heterocycles. The van der Waals surface area contributed by atoms with Gasteiger partial charge >= 0.3 is 0 Å². The third-order valence-electron chi connectivity index (χ3n) is 3.13. The van der Waals surface area contributed by atoms with E-state index < -0.39 is 0 Å². The Hall–Kier alpha value is -1.46. The van der Waals surface area contributed by atoms with Gasteiger partial charge in [0.15, 0.2) is 0 Å². The molecule has 1 aromatic carbocycles. The van der Waals surface area contributed by atoms with Crippen molar-refractivity contribution in [3.05, 3.63) is 40.4 Å². The molecule has 1 atom stereocenters. The van der Waals surface area contributed by atoms with Crippen molar-refractivity contribution >= 4 is 21.7 Å². The van der Waals surface area contributed by atoms with Crippen LogP contribution < -0.4 is 11.1 Å². The van der Waals surface area contributed by atoms with E-state index in [4.69, 9.17) is 5.73 Å². The van der Waals surface area contributed by atoms with E-state index in [0.717, 1.165) is 28.0 Å². The molecule has 4 nitrogen and oxygen atoms in total. The van der Waals surface area contributed by atoms with Gasteiger partial charge in [0.1, 0.15) is 5.82 Å². The predicted octanol–water partition coefficient (Wildman–Crippen LogP) is 3.36. The topological polar surface area (TPSA) is 63.8 Å². The third kappa shape index (κ3) is 3.77. The van der Waals surface area contributed by atoms with E-state index in [-0.39, 0.29) is 0 Å². The van der Waals surface area contributed by atoms with Gasteiger partial charge in [-0.3, -0.25) is 0 Å². The molecule has 3 N–H and O–H groups in total. The highest BCUT2D eigenvalue weighted by atomic mass is 79.9. The second-order valence-corrected chi connectivity index (χ2v) is 5.80. The summed E-state index contributed by atoms with van der Waals surface area (Å²) in [4.78, 5) is 0. The van der Waals surface area contributed by atoms with Crippen LogP contribution in [0, 0.1) is 6.92 Å². The Kier molecular flexibility index (Phi) is 5.09. The molecule has 0 saturated carbocycles. The predicted molar refractivity (Wildman–Crippen MR) is 86.7 cm³/mol. The zero-order chi connectivity index (χ0) is 14.5. The molecule has 2 rings (SSSR count). The first-order chi connectivity index (χ1) is 9.60. The maximum Gasteiger partial charge on any atom is 0.148 e. The van der Waals surface area contributed by atoms with Crippen LogP contribution in [-0.4, -0.2) is 22.8 Å². The van der Waals surface area contributed by atoms with E-state index in [1.165, 1.54) is 5.56 Å². The number of nitrogens with two attached hydrogens (primary N) is 1. The zero-order valence-corrected chi connectivity index (χ0v) is 13.3. The quantitative estimate of drug-likeness (QED) is 0.879. The van der Waals surface area contributed by atoms with Gasteiger partial charge in [-0.2, -0.15) is 0 Å². The third-order valence-corrected chi connectivity index (χ3v) is 3.63. The number of benzene rings is 1. The van der Waals surface area contributed by atoms with Crippen LogP contribution in [0.3, 0.4) is 0 Å². The lowest BCUT2D eigenvalue weighted by atomic mass is 10.1. The molecular formula is C15H19BrN4. The summed E-state index contributed by atoms with van der Waals surface area (Å²) in [6.45, 7) is 4.82. The Morgan fingerprint density at radius 1 is 1.25 bits per heavy atom. The minimum Gasteiger partial charge on any atom is -0.366 e. The second-order valence-electron chi connectivity index (χ2n) is 4.89. The minimum absolute atomic E-state index is 0.299. The summed E-state index contributed by atoms with van der Waals surface area (Å²) in [7, 11) is 0. The maximum atomic E-state index is 5.53. The van der Waals surface area contributed by atoms with Crippen LogP contribution in [0.25, 0.3) is 11.3 Å². The van der Waals surface area contributed by atoms with Crippen molar-refractivity contribution in [2.24, 2.45) is 5.73 Å². The highest BCUT2D eigenvalue weighted by Crippen LogP contribution is 2.25. The Bertz CT molecular complexity index is 569. The van der Waals surface area contributed by atoms with Crippen molar-refractivity contribution in [3.8, 4) is 11.3 Å². The molecule has 106 valence electrons. The first-order valence-corrected chi connectivity index (χ1v) is 7.46. The summed E-state index contributed by atoms with van der Waals surface area (Å²) in [5.41, 5.74) is 8.68. The van der Waals surface area contributed by atoms with Gasteiger partial charge in [-0.05, 0) is 56.6 Å². The van der Waals surface area contributed by atoms with Crippen LogP contribution in [0.4, 0.5) is 5.82 Å². The lowest BCUT2D eigenvalue weighted by Crippen LogP contribution is -2.20. The summed E-state index contributed by atoms with van der Waals surface area (Å²) in [5, 5.41) is 11.8. The molecule has 0 fully saturated rings. The number of halogens is 1. The van der Waals surface area contributed by atoms with E-state index in [1.54, 1.807) is 0 Å². The molecule has 1 unspecified atom stereocenters. The molecule has 20 heavy (non-hydrogen) atoms. The fourth-order valence-electron chi connectivity index (χ4n) is 2.00. The number of rotatable bonds is 5. The fourth-order valence-corrected chi connectivity index (χ4v) is 2.36. The lowest BCUT2D eigenvalue weighted by molar-refractivity contribution is 0.711. The smallest absolute Gasteiger partial charge is 0.148 e. The second kappa shape index (κ2) is 6.81. The number of nitrogens with one attached hydrogen (secondary N) is 1. The molecule has 5 heteroatoms. The molecule has 0 radical (unpaired) electrons. The van der Waals surface area contributed by atoms with E-state index in [1.807, 2.05) is 18.2 Å². The van der Waals surface area contributed by atoms with Crippen LogP contribution in [0.5, 0.6) is 0 Å². The van der Waals surface area contributed by atoms with Gasteiger partial charge < -0.3 is 11.1 Å². The van der Waals surface area contributed by atoms with Crippen molar-refractivity contribution in [2.75, 3.05) is 11.9 Å². The molecule has 1 heterocycles. The minimum atomic E-state index is 0.299. The van der Waals surface area contributed by atoms with E-state index in [2.05, 4.69) is 57.4 Å². The summed E-state index contributed by atoms with van der Waals surface area (Å²) >= 11 is 3.49. The molecule has 2 aromatic rings. The Labute approximate surface area is 127 Å². The normalized spacial score (nSPS) is 12.2. The number of hydrogen-bond donors (Lipinski definition) is 2. The highest BCUT2D eigenvalue weighted by molar-refractivity contribution is 9.10. The Morgan fingerprint density at radius 2 is 2.05 bits per heavy atom. The fraction of sp³-hybridized carbons (Fsp3) is 0.333. The van der Waals surface area contributed by atoms with Gasteiger partial charge in [-0.25, -0.2) is 0 Å². The SMILES string of the molecule is Cc1ccc(Br)cc1-c1ccc(NC(C)CCN)nn1. The summed E-state index contributed by atoms with van der Waals surface area (Å²) in [5.74, 6) is 0.780. The number of nitrogens with zero attached hydrogens (tertiary/aromatic N) is 2. The first kappa shape index (κ1) is 14.9. The van der Waals surface area contributed by atoms with Gasteiger partial charge in [0.25, 0.3) is 0 Å². The summed E-state index contributed by atoms with van der Waals surface area (Å²) in [6, 6.07) is 10.4. The van der Waals surface area contributed by atoms with Crippen molar-refractivity contribution < 1.29 is 0 Å². The number of aromatic nitrogens is 2. The van der Waals surface area contributed by atoms with Crippen LogP contribution in [0.1, 0.15) is 18.9 Å². The monoisotopic (exact) mass is 334 g/mol. The van der Waals surface area contributed by atoms with Crippen molar-refractivity contribution in [1.29, 1.82) is 0 Å². The molecule has 0 amide bonds. The van der Waals surface area contributed by atoms with Crippen LogP contribution in [-0.2, 0) is 0 Å². The molecule has 1 aromatic heterocycles. The number of anilines is 1. The first-order valence-electron chi connectivity index (χ1n) is 6.67. The lowest BCUT2D eigenvalue weighted by Gasteiger charge is -2.13. The van der Waals surface area contributed by atoms with Crippen LogP contribution in [0.2, 0.25) is 0 Å². The number of hydrogen-bond acceptors (Lipinski definition) is 4. The standard InChI is InChI=1S/C15H19BrN4/c1-10-3-4-12(16)9-13(10)14-5-6-15(20-19-14)18-11(2)7-8-17/h3-6,9,11H,7-8,17H2,1-2H3,(H,18,20). The van der Waals surface area contributed by atoms with Crippen molar-refractivity contribution in [1.82, 2.24) is 10.2 Å². The Morgan fingerprint density at radius 3 is 2.70 bits per heavy atom. The molecule has 0 spiro atoms. The molecule has 0 aliphatic heterocycles.